The maximum Gasteiger partial charge on any atom is 0.245 e. The van der Waals surface area contributed by atoms with E-state index in [1.807, 2.05) is 39.5 Å². The number of carbonyl (C=O) groups is 2. The molecule has 1 aliphatic heterocycles. The van der Waals surface area contributed by atoms with Gasteiger partial charge in [0, 0.05) is 18.5 Å². The van der Waals surface area contributed by atoms with Gasteiger partial charge in [0.05, 0.1) is 0 Å². The fourth-order valence-electron chi connectivity index (χ4n) is 2.09. The fourth-order valence-corrected chi connectivity index (χ4v) is 2.09. The summed E-state index contributed by atoms with van der Waals surface area (Å²) in [6.07, 6.45) is 1.28. The van der Waals surface area contributed by atoms with Gasteiger partial charge in [-0.25, -0.2) is 0 Å². The molecule has 0 radical (unpaired) electrons. The van der Waals surface area contributed by atoms with Crippen LogP contribution in [0.25, 0.3) is 0 Å². The van der Waals surface area contributed by atoms with E-state index in [4.69, 9.17) is 0 Å². The number of carbonyl (C=O) groups excluding carboxylic acids is 2. The number of nitrogens with zero attached hydrogens (tertiary/aromatic N) is 1. The lowest BCUT2D eigenvalue weighted by molar-refractivity contribution is -0.139. The standard InChI is InChI=1S/C13H24N2O2/c1-6-9(2)11-12(17)15(13(3,4)5)8-7-10(16)14-11/h9,11H,6-8H2,1-5H3,(H,14,16). The molecule has 1 rings (SSSR count). The molecule has 2 unspecified atom stereocenters. The van der Waals surface area contributed by atoms with Crippen molar-refractivity contribution in [2.24, 2.45) is 5.92 Å². The first-order valence-corrected chi connectivity index (χ1v) is 6.38. The summed E-state index contributed by atoms with van der Waals surface area (Å²) in [4.78, 5) is 25.9. The van der Waals surface area contributed by atoms with E-state index >= 15 is 0 Å². The van der Waals surface area contributed by atoms with Gasteiger partial charge in [-0.15, -0.1) is 0 Å². The Balaban J connectivity index is 2.97. The Morgan fingerprint density at radius 1 is 1.41 bits per heavy atom. The molecule has 1 heterocycles. The Morgan fingerprint density at radius 3 is 2.47 bits per heavy atom. The van der Waals surface area contributed by atoms with E-state index in [0.717, 1.165) is 6.42 Å². The van der Waals surface area contributed by atoms with E-state index in [1.165, 1.54) is 0 Å². The molecule has 2 atom stereocenters. The molecule has 1 aliphatic rings. The molecule has 1 saturated heterocycles. The Labute approximate surface area is 104 Å². The maximum absolute atomic E-state index is 12.4. The summed E-state index contributed by atoms with van der Waals surface area (Å²) >= 11 is 0. The molecule has 2 amide bonds. The third kappa shape index (κ3) is 3.20. The minimum Gasteiger partial charge on any atom is -0.344 e. The second-order valence-corrected chi connectivity index (χ2v) is 5.84. The van der Waals surface area contributed by atoms with E-state index in [1.54, 1.807) is 0 Å². The van der Waals surface area contributed by atoms with Crippen LogP contribution in [-0.2, 0) is 9.59 Å². The molecule has 0 aliphatic carbocycles. The summed E-state index contributed by atoms with van der Waals surface area (Å²) in [7, 11) is 0. The zero-order chi connectivity index (χ0) is 13.2. The van der Waals surface area contributed by atoms with Crippen LogP contribution in [0.5, 0.6) is 0 Å². The molecule has 0 spiro atoms. The summed E-state index contributed by atoms with van der Waals surface area (Å²) in [6.45, 7) is 10.6. The Bertz CT molecular complexity index is 307. The molecule has 0 aromatic carbocycles. The van der Waals surface area contributed by atoms with E-state index in [2.05, 4.69) is 5.32 Å². The molecule has 0 saturated carbocycles. The van der Waals surface area contributed by atoms with Gasteiger partial charge >= 0.3 is 0 Å². The van der Waals surface area contributed by atoms with Gasteiger partial charge in [0.1, 0.15) is 6.04 Å². The van der Waals surface area contributed by atoms with E-state index in [-0.39, 0.29) is 29.3 Å². The summed E-state index contributed by atoms with van der Waals surface area (Å²) in [5.74, 6) is 0.211. The zero-order valence-corrected chi connectivity index (χ0v) is 11.5. The van der Waals surface area contributed by atoms with Gasteiger partial charge in [0.25, 0.3) is 0 Å². The van der Waals surface area contributed by atoms with Crippen molar-refractivity contribution in [1.29, 1.82) is 0 Å². The number of nitrogens with one attached hydrogen (secondary N) is 1. The van der Waals surface area contributed by atoms with Crippen LogP contribution in [0.2, 0.25) is 0 Å². The van der Waals surface area contributed by atoms with Crippen molar-refractivity contribution in [2.45, 2.75) is 59.0 Å². The quantitative estimate of drug-likeness (QED) is 0.796. The van der Waals surface area contributed by atoms with E-state index < -0.39 is 0 Å². The van der Waals surface area contributed by atoms with Crippen molar-refractivity contribution in [3.8, 4) is 0 Å². The second kappa shape index (κ2) is 5.07. The van der Waals surface area contributed by atoms with Crippen LogP contribution in [-0.4, -0.2) is 34.8 Å². The van der Waals surface area contributed by atoms with Crippen LogP contribution >= 0.6 is 0 Å². The molecule has 1 fully saturated rings. The first kappa shape index (κ1) is 14.0. The lowest BCUT2D eigenvalue weighted by Gasteiger charge is -2.37. The molecule has 0 aromatic rings. The first-order valence-electron chi connectivity index (χ1n) is 6.38. The van der Waals surface area contributed by atoms with Gasteiger partial charge in [-0.05, 0) is 26.7 Å². The Hall–Kier alpha value is -1.06. The van der Waals surface area contributed by atoms with Crippen LogP contribution < -0.4 is 5.32 Å². The largest absolute Gasteiger partial charge is 0.344 e. The zero-order valence-electron chi connectivity index (χ0n) is 11.5. The maximum atomic E-state index is 12.4. The highest BCUT2D eigenvalue weighted by Gasteiger charge is 2.37. The first-order chi connectivity index (χ1) is 7.77. The van der Waals surface area contributed by atoms with Crippen molar-refractivity contribution in [3.05, 3.63) is 0 Å². The predicted octanol–water partition coefficient (Wildman–Crippen LogP) is 1.55. The SMILES string of the molecule is CCC(C)C1NC(=O)CCN(C(C)(C)C)C1=O. The number of amides is 2. The molecule has 4 heteroatoms. The van der Waals surface area contributed by atoms with Crippen molar-refractivity contribution in [3.63, 3.8) is 0 Å². The molecule has 1 N–H and O–H groups in total. The summed E-state index contributed by atoms with van der Waals surface area (Å²) in [5.41, 5.74) is -0.227. The summed E-state index contributed by atoms with van der Waals surface area (Å²) in [5, 5.41) is 2.85. The average Bonchev–Trinajstić information content (AvgIpc) is 2.36. The Morgan fingerprint density at radius 2 is 2.00 bits per heavy atom. The Kier molecular flexibility index (Phi) is 4.17. The minimum atomic E-state index is -0.366. The highest BCUT2D eigenvalue weighted by molar-refractivity contribution is 5.90. The van der Waals surface area contributed by atoms with Crippen LogP contribution in [0.15, 0.2) is 0 Å². The van der Waals surface area contributed by atoms with Gasteiger partial charge in [0.15, 0.2) is 0 Å². The normalized spacial score (nSPS) is 24.3. The molecular weight excluding hydrogens is 216 g/mol. The van der Waals surface area contributed by atoms with Crippen LogP contribution in [0.4, 0.5) is 0 Å². The third-order valence-corrected chi connectivity index (χ3v) is 3.43. The fraction of sp³-hybridized carbons (Fsp3) is 0.846. The van der Waals surface area contributed by atoms with Gasteiger partial charge in [0.2, 0.25) is 11.8 Å². The minimum absolute atomic E-state index is 0.0181. The van der Waals surface area contributed by atoms with Crippen molar-refractivity contribution in [1.82, 2.24) is 10.2 Å². The summed E-state index contributed by atoms with van der Waals surface area (Å²) in [6, 6.07) is -0.366. The smallest absolute Gasteiger partial charge is 0.245 e. The van der Waals surface area contributed by atoms with Gasteiger partial charge in [-0.1, -0.05) is 20.3 Å². The van der Waals surface area contributed by atoms with E-state index in [0.29, 0.717) is 13.0 Å². The van der Waals surface area contributed by atoms with Crippen LogP contribution in [0.1, 0.15) is 47.5 Å². The number of hydrogen-bond acceptors (Lipinski definition) is 2. The molecule has 4 nitrogen and oxygen atoms in total. The summed E-state index contributed by atoms with van der Waals surface area (Å²) < 4.78 is 0. The van der Waals surface area contributed by atoms with Gasteiger partial charge in [-0.2, -0.15) is 0 Å². The lowest BCUT2D eigenvalue weighted by Crippen LogP contribution is -2.53. The van der Waals surface area contributed by atoms with Gasteiger partial charge < -0.3 is 10.2 Å². The molecule has 17 heavy (non-hydrogen) atoms. The van der Waals surface area contributed by atoms with Crippen molar-refractivity contribution < 1.29 is 9.59 Å². The van der Waals surface area contributed by atoms with Crippen LogP contribution in [0.3, 0.4) is 0 Å². The monoisotopic (exact) mass is 240 g/mol. The van der Waals surface area contributed by atoms with Crippen molar-refractivity contribution >= 4 is 11.8 Å². The average molecular weight is 240 g/mol. The van der Waals surface area contributed by atoms with Crippen LogP contribution in [0, 0.1) is 5.92 Å². The van der Waals surface area contributed by atoms with Crippen molar-refractivity contribution in [2.75, 3.05) is 6.54 Å². The molecule has 98 valence electrons. The highest BCUT2D eigenvalue weighted by atomic mass is 16.2. The topological polar surface area (TPSA) is 49.4 Å². The van der Waals surface area contributed by atoms with E-state index in [9.17, 15) is 9.59 Å². The third-order valence-electron chi connectivity index (χ3n) is 3.43. The molecular formula is C13H24N2O2. The lowest BCUT2D eigenvalue weighted by atomic mass is 9.96. The van der Waals surface area contributed by atoms with Gasteiger partial charge in [-0.3, -0.25) is 9.59 Å². The highest BCUT2D eigenvalue weighted by Crippen LogP contribution is 2.21. The number of rotatable bonds is 2. The predicted molar refractivity (Wildman–Crippen MR) is 67.5 cm³/mol. The molecule has 0 aromatic heterocycles. The number of hydrogen-bond donors (Lipinski definition) is 1. The second-order valence-electron chi connectivity index (χ2n) is 5.84. The molecule has 0 bridgehead atoms.